The quantitative estimate of drug-likeness (QED) is 0.628. The van der Waals surface area contributed by atoms with Crippen LogP contribution in [0.1, 0.15) is 28.5 Å². The van der Waals surface area contributed by atoms with Crippen molar-refractivity contribution < 1.29 is 14.3 Å². The third-order valence-electron chi connectivity index (χ3n) is 4.11. The predicted octanol–water partition coefficient (Wildman–Crippen LogP) is 4.40. The summed E-state index contributed by atoms with van der Waals surface area (Å²) in [6.45, 7) is 5.44. The van der Waals surface area contributed by atoms with Gasteiger partial charge in [0.15, 0.2) is 12.4 Å². The minimum Gasteiger partial charge on any atom is -0.471 e. The number of aryl methyl sites for hydroxylation is 2. The molecule has 0 unspecified atom stereocenters. The minimum atomic E-state index is -0.339. The number of hydrogen-bond donors (Lipinski definition) is 2. The molecule has 0 aliphatic heterocycles. The molecule has 1 aromatic heterocycles. The molecule has 0 aliphatic rings. The maximum atomic E-state index is 12.4. The van der Waals surface area contributed by atoms with Gasteiger partial charge in [-0.2, -0.15) is 5.10 Å². The number of rotatable bonds is 6. The second-order valence-electron chi connectivity index (χ2n) is 6.60. The van der Waals surface area contributed by atoms with Crippen LogP contribution in [0.2, 0.25) is 5.02 Å². The molecule has 0 radical (unpaired) electrons. The van der Waals surface area contributed by atoms with Crippen LogP contribution >= 0.6 is 11.6 Å². The van der Waals surface area contributed by atoms with Gasteiger partial charge in [0.25, 0.3) is 5.91 Å². The normalized spacial score (nSPS) is 10.5. The topological polar surface area (TPSA) is 85.2 Å². The van der Waals surface area contributed by atoms with Gasteiger partial charge in [0.2, 0.25) is 5.91 Å². The predicted molar refractivity (Wildman–Crippen MR) is 112 cm³/mol. The van der Waals surface area contributed by atoms with Gasteiger partial charge in [-0.05, 0) is 67.4 Å². The molecule has 0 atom stereocenters. The van der Waals surface area contributed by atoms with Crippen molar-refractivity contribution in [3.05, 3.63) is 70.5 Å². The Hall–Kier alpha value is -3.32. The Balaban J connectivity index is 1.59. The molecule has 2 amide bonds. The molecule has 0 aliphatic carbocycles. The van der Waals surface area contributed by atoms with Gasteiger partial charge >= 0.3 is 0 Å². The summed E-state index contributed by atoms with van der Waals surface area (Å²) >= 11 is 6.17. The van der Waals surface area contributed by atoms with E-state index in [9.17, 15) is 9.59 Å². The molecule has 29 heavy (non-hydrogen) atoms. The monoisotopic (exact) mass is 412 g/mol. The average Bonchev–Trinajstić information content (AvgIpc) is 3.15. The van der Waals surface area contributed by atoms with Crippen molar-refractivity contribution in [1.29, 1.82) is 0 Å². The van der Waals surface area contributed by atoms with E-state index in [0.717, 1.165) is 16.1 Å². The van der Waals surface area contributed by atoms with E-state index in [1.54, 1.807) is 36.5 Å². The lowest BCUT2D eigenvalue weighted by molar-refractivity contribution is -0.114. The van der Waals surface area contributed by atoms with E-state index in [-0.39, 0.29) is 24.2 Å². The molecular weight excluding hydrogens is 392 g/mol. The fourth-order valence-corrected chi connectivity index (χ4v) is 2.83. The van der Waals surface area contributed by atoms with Gasteiger partial charge in [-0.1, -0.05) is 11.6 Å². The number of halogens is 1. The Morgan fingerprint density at radius 2 is 1.62 bits per heavy atom. The van der Waals surface area contributed by atoms with Gasteiger partial charge in [0.1, 0.15) is 5.75 Å². The third-order valence-corrected chi connectivity index (χ3v) is 4.71. The number of amides is 2. The van der Waals surface area contributed by atoms with Crippen molar-refractivity contribution >= 4 is 34.8 Å². The van der Waals surface area contributed by atoms with Crippen molar-refractivity contribution in [2.45, 2.75) is 27.5 Å². The van der Waals surface area contributed by atoms with E-state index in [2.05, 4.69) is 15.7 Å². The highest BCUT2D eigenvalue weighted by molar-refractivity contribution is 6.32. The van der Waals surface area contributed by atoms with E-state index in [0.29, 0.717) is 17.1 Å². The molecule has 3 rings (SSSR count). The molecule has 0 saturated heterocycles. The molecule has 7 nitrogen and oxygen atoms in total. The minimum absolute atomic E-state index is 0.154. The molecule has 0 saturated carbocycles. The molecule has 8 heteroatoms. The largest absolute Gasteiger partial charge is 0.471 e. The number of anilines is 2. The van der Waals surface area contributed by atoms with Gasteiger partial charge in [-0.3, -0.25) is 9.59 Å². The fourth-order valence-electron chi connectivity index (χ4n) is 2.72. The number of carbonyl (C=O) groups excluding carboxylic acids is 2. The number of ether oxygens (including phenoxy) is 1. The van der Waals surface area contributed by atoms with E-state index < -0.39 is 0 Å². The molecule has 150 valence electrons. The van der Waals surface area contributed by atoms with E-state index in [1.165, 1.54) is 11.6 Å². The zero-order chi connectivity index (χ0) is 21.0. The molecule has 1 heterocycles. The molecular formula is C21H21ClN4O3. The van der Waals surface area contributed by atoms with Gasteiger partial charge < -0.3 is 15.4 Å². The van der Waals surface area contributed by atoms with Crippen molar-refractivity contribution in [3.8, 4) is 5.75 Å². The summed E-state index contributed by atoms with van der Waals surface area (Å²) in [5, 5.41) is 10.4. The van der Waals surface area contributed by atoms with Crippen molar-refractivity contribution in [2.75, 3.05) is 10.6 Å². The summed E-state index contributed by atoms with van der Waals surface area (Å²) in [4.78, 5) is 23.4. The van der Waals surface area contributed by atoms with Crippen molar-refractivity contribution in [2.24, 2.45) is 0 Å². The SMILES string of the molecule is CC(=O)Nc1ccc(NC(=O)c2ccn(COc3cc(C)c(Cl)c(C)c3)n2)cc1. The average molecular weight is 413 g/mol. The summed E-state index contributed by atoms with van der Waals surface area (Å²) in [6, 6.07) is 12.2. The lowest BCUT2D eigenvalue weighted by atomic mass is 10.1. The van der Waals surface area contributed by atoms with Gasteiger partial charge in [-0.25, -0.2) is 4.68 Å². The highest BCUT2D eigenvalue weighted by Gasteiger charge is 2.11. The molecule has 0 fully saturated rings. The maximum absolute atomic E-state index is 12.4. The third kappa shape index (κ3) is 5.36. The number of carbonyl (C=O) groups is 2. The first-order valence-electron chi connectivity index (χ1n) is 8.94. The summed E-state index contributed by atoms with van der Waals surface area (Å²) in [7, 11) is 0. The molecule has 2 aromatic carbocycles. The first-order valence-corrected chi connectivity index (χ1v) is 9.31. The maximum Gasteiger partial charge on any atom is 0.276 e. The second kappa shape index (κ2) is 8.79. The first-order chi connectivity index (χ1) is 13.8. The van der Waals surface area contributed by atoms with Crippen LogP contribution in [-0.2, 0) is 11.5 Å². The van der Waals surface area contributed by atoms with Gasteiger partial charge in [-0.15, -0.1) is 0 Å². The van der Waals surface area contributed by atoms with Crippen LogP contribution in [0.5, 0.6) is 5.75 Å². The lowest BCUT2D eigenvalue weighted by Gasteiger charge is -2.10. The Morgan fingerprint density at radius 1 is 1.03 bits per heavy atom. The number of nitrogens with one attached hydrogen (secondary N) is 2. The molecule has 0 bridgehead atoms. The standard InChI is InChI=1S/C21H21ClN4O3/c1-13-10-18(11-14(2)20(13)22)29-12-26-9-8-19(25-26)21(28)24-17-6-4-16(5-7-17)23-15(3)27/h4-11H,12H2,1-3H3,(H,23,27)(H,24,28). The van der Waals surface area contributed by atoms with E-state index in [1.807, 2.05) is 26.0 Å². The zero-order valence-corrected chi connectivity index (χ0v) is 17.1. The summed E-state index contributed by atoms with van der Waals surface area (Å²) in [6.07, 6.45) is 1.67. The molecule has 0 spiro atoms. The molecule has 2 N–H and O–H groups in total. The van der Waals surface area contributed by atoms with Crippen LogP contribution in [0.15, 0.2) is 48.7 Å². The van der Waals surface area contributed by atoms with Gasteiger partial charge in [0.05, 0.1) is 0 Å². The van der Waals surface area contributed by atoms with Crippen LogP contribution in [0.4, 0.5) is 11.4 Å². The second-order valence-corrected chi connectivity index (χ2v) is 6.98. The summed E-state index contributed by atoms with van der Waals surface area (Å²) < 4.78 is 7.28. The Kier molecular flexibility index (Phi) is 6.19. The van der Waals surface area contributed by atoms with Crippen LogP contribution < -0.4 is 15.4 Å². The van der Waals surface area contributed by atoms with Crippen LogP contribution in [0.25, 0.3) is 0 Å². The number of hydrogen-bond acceptors (Lipinski definition) is 4. The number of nitrogens with zero attached hydrogens (tertiary/aromatic N) is 2. The van der Waals surface area contributed by atoms with E-state index in [4.69, 9.17) is 16.3 Å². The fraction of sp³-hybridized carbons (Fsp3) is 0.190. The Bertz CT molecular complexity index is 1020. The summed E-state index contributed by atoms with van der Waals surface area (Å²) in [5.41, 5.74) is 3.40. The molecule has 3 aromatic rings. The van der Waals surface area contributed by atoms with Crippen molar-refractivity contribution in [1.82, 2.24) is 9.78 Å². The first kappa shape index (κ1) is 20.4. The van der Waals surface area contributed by atoms with Crippen LogP contribution in [-0.4, -0.2) is 21.6 Å². The summed E-state index contributed by atoms with van der Waals surface area (Å²) in [5.74, 6) is 0.192. The lowest BCUT2D eigenvalue weighted by Crippen LogP contribution is -2.14. The highest BCUT2D eigenvalue weighted by atomic mass is 35.5. The van der Waals surface area contributed by atoms with Gasteiger partial charge in [0, 0.05) is 29.5 Å². The Morgan fingerprint density at radius 3 is 2.21 bits per heavy atom. The van der Waals surface area contributed by atoms with E-state index >= 15 is 0 Å². The van der Waals surface area contributed by atoms with Crippen LogP contribution in [0, 0.1) is 13.8 Å². The van der Waals surface area contributed by atoms with Crippen molar-refractivity contribution in [3.63, 3.8) is 0 Å². The highest BCUT2D eigenvalue weighted by Crippen LogP contribution is 2.26. The number of benzene rings is 2. The Labute approximate surface area is 173 Å². The smallest absolute Gasteiger partial charge is 0.276 e. The zero-order valence-electron chi connectivity index (χ0n) is 16.3. The number of aromatic nitrogens is 2. The van der Waals surface area contributed by atoms with Crippen LogP contribution in [0.3, 0.4) is 0 Å².